The molecule has 0 saturated carbocycles. The number of ether oxygens (including phenoxy) is 1. The van der Waals surface area contributed by atoms with Gasteiger partial charge in [-0.15, -0.1) is 0 Å². The van der Waals surface area contributed by atoms with E-state index in [0.717, 1.165) is 28.0 Å². The molecular weight excluding hydrogens is 374 g/mol. The molecule has 0 aliphatic heterocycles. The highest BCUT2D eigenvalue weighted by Gasteiger charge is 2.20. The lowest BCUT2D eigenvalue weighted by Crippen LogP contribution is -2.13. The average Bonchev–Trinajstić information content (AvgIpc) is 2.78. The highest BCUT2D eigenvalue weighted by atomic mass is 16.5. The molecule has 0 saturated heterocycles. The number of phenols is 1. The van der Waals surface area contributed by atoms with Crippen LogP contribution in [0.3, 0.4) is 0 Å². The third-order valence-corrected chi connectivity index (χ3v) is 4.86. The van der Waals surface area contributed by atoms with Crippen molar-refractivity contribution in [2.24, 2.45) is 0 Å². The van der Waals surface area contributed by atoms with Crippen LogP contribution in [0.1, 0.15) is 22.9 Å². The van der Waals surface area contributed by atoms with E-state index in [1.165, 1.54) is 0 Å². The van der Waals surface area contributed by atoms with Gasteiger partial charge in [0.15, 0.2) is 0 Å². The van der Waals surface area contributed by atoms with Gasteiger partial charge in [0, 0.05) is 22.8 Å². The second-order valence-corrected chi connectivity index (χ2v) is 6.99. The Balaban J connectivity index is 1.78. The highest BCUT2D eigenvalue weighted by Crippen LogP contribution is 2.36. The van der Waals surface area contributed by atoms with E-state index in [1.807, 2.05) is 73.7 Å². The van der Waals surface area contributed by atoms with Gasteiger partial charge in [-0.25, -0.2) is 9.97 Å². The Bertz CT molecular complexity index is 1160. The molecule has 5 nitrogen and oxygen atoms in total. The fourth-order valence-corrected chi connectivity index (χ4v) is 3.37. The first-order valence-electron chi connectivity index (χ1n) is 9.76. The normalized spacial score (nSPS) is 11.8. The summed E-state index contributed by atoms with van der Waals surface area (Å²) in [7, 11) is 0. The topological polar surface area (TPSA) is 67.3 Å². The van der Waals surface area contributed by atoms with Crippen LogP contribution in [-0.4, -0.2) is 21.7 Å². The quantitative estimate of drug-likeness (QED) is 0.408. The molecule has 0 unspecified atom stereocenters. The second-order valence-electron chi connectivity index (χ2n) is 6.99. The highest BCUT2D eigenvalue weighted by molar-refractivity contribution is 5.86. The van der Waals surface area contributed by atoms with Crippen LogP contribution in [0.5, 0.6) is 11.5 Å². The maximum Gasteiger partial charge on any atom is 0.147 e. The molecule has 0 aliphatic carbocycles. The van der Waals surface area contributed by atoms with E-state index in [9.17, 15) is 5.11 Å². The van der Waals surface area contributed by atoms with Gasteiger partial charge in [0.25, 0.3) is 0 Å². The SMILES string of the molecule is C=CCOc1ccc([C@@H](Nc2ccccn2)c2ccc3ccc(C)nc3c2O)cc1. The van der Waals surface area contributed by atoms with Crippen LogP contribution in [0.25, 0.3) is 10.9 Å². The van der Waals surface area contributed by atoms with Gasteiger partial charge in [-0.05, 0) is 42.8 Å². The van der Waals surface area contributed by atoms with Gasteiger partial charge in [-0.2, -0.15) is 0 Å². The minimum absolute atomic E-state index is 0.164. The summed E-state index contributed by atoms with van der Waals surface area (Å²) in [6.45, 7) is 6.04. The Morgan fingerprint density at radius 1 is 1.07 bits per heavy atom. The van der Waals surface area contributed by atoms with Crippen LogP contribution in [0, 0.1) is 6.92 Å². The summed E-state index contributed by atoms with van der Waals surface area (Å²) in [5.74, 6) is 1.64. The van der Waals surface area contributed by atoms with Crippen molar-refractivity contribution in [2.45, 2.75) is 13.0 Å². The van der Waals surface area contributed by atoms with Crippen molar-refractivity contribution < 1.29 is 9.84 Å². The monoisotopic (exact) mass is 397 g/mol. The molecule has 0 radical (unpaired) electrons. The molecule has 0 bridgehead atoms. The van der Waals surface area contributed by atoms with E-state index in [-0.39, 0.29) is 11.8 Å². The number of benzene rings is 2. The summed E-state index contributed by atoms with van der Waals surface area (Å²) in [5.41, 5.74) is 3.14. The third-order valence-electron chi connectivity index (χ3n) is 4.86. The van der Waals surface area contributed by atoms with Crippen molar-refractivity contribution in [3.63, 3.8) is 0 Å². The van der Waals surface area contributed by atoms with Crippen molar-refractivity contribution in [2.75, 3.05) is 11.9 Å². The van der Waals surface area contributed by atoms with Crippen molar-refractivity contribution in [1.82, 2.24) is 9.97 Å². The molecule has 0 aliphatic rings. The lowest BCUT2D eigenvalue weighted by Gasteiger charge is -2.22. The standard InChI is InChI=1S/C25H23N3O2/c1-3-16-30-20-12-9-18(10-13-20)23(28-22-6-4-5-15-26-22)21-14-11-19-8-7-17(2)27-24(19)25(21)29/h3-15,23,29H,1,16H2,2H3,(H,26,28)/t23-/m1/s1. The fourth-order valence-electron chi connectivity index (χ4n) is 3.37. The Hall–Kier alpha value is -3.86. The summed E-state index contributed by atoms with van der Waals surface area (Å²) in [6, 6.07) is 21.0. The predicted molar refractivity (Wildman–Crippen MR) is 120 cm³/mol. The molecule has 0 amide bonds. The minimum atomic E-state index is -0.319. The molecule has 4 aromatic rings. The van der Waals surface area contributed by atoms with Crippen LogP contribution in [0.4, 0.5) is 5.82 Å². The summed E-state index contributed by atoms with van der Waals surface area (Å²) < 4.78 is 5.60. The molecular formula is C25H23N3O2. The molecule has 5 heteroatoms. The number of nitrogens with one attached hydrogen (secondary N) is 1. The largest absolute Gasteiger partial charge is 0.505 e. The van der Waals surface area contributed by atoms with Gasteiger partial charge < -0.3 is 15.2 Å². The van der Waals surface area contributed by atoms with E-state index in [1.54, 1.807) is 12.3 Å². The Labute approximate surface area is 175 Å². The first kappa shape index (κ1) is 19.5. The fraction of sp³-hybridized carbons (Fsp3) is 0.120. The van der Waals surface area contributed by atoms with Crippen LogP contribution in [0.2, 0.25) is 0 Å². The Morgan fingerprint density at radius 2 is 1.87 bits per heavy atom. The van der Waals surface area contributed by atoms with Crippen molar-refractivity contribution in [3.8, 4) is 11.5 Å². The molecule has 2 aromatic carbocycles. The van der Waals surface area contributed by atoms with Gasteiger partial charge in [0.05, 0.1) is 6.04 Å². The van der Waals surface area contributed by atoms with Crippen LogP contribution >= 0.6 is 0 Å². The molecule has 150 valence electrons. The number of aromatic nitrogens is 2. The zero-order valence-corrected chi connectivity index (χ0v) is 16.7. The van der Waals surface area contributed by atoms with Gasteiger partial charge in [-0.3, -0.25) is 0 Å². The maximum absolute atomic E-state index is 11.1. The number of fused-ring (bicyclic) bond motifs is 1. The van der Waals surface area contributed by atoms with Crippen molar-refractivity contribution in [1.29, 1.82) is 0 Å². The van der Waals surface area contributed by atoms with Gasteiger partial charge in [0.1, 0.15) is 29.4 Å². The number of nitrogens with zero attached hydrogens (tertiary/aromatic N) is 2. The average molecular weight is 397 g/mol. The van der Waals surface area contributed by atoms with Crippen LogP contribution in [-0.2, 0) is 0 Å². The lowest BCUT2D eigenvalue weighted by atomic mass is 9.96. The summed E-state index contributed by atoms with van der Waals surface area (Å²) >= 11 is 0. The molecule has 0 fully saturated rings. The number of pyridine rings is 2. The first-order valence-corrected chi connectivity index (χ1v) is 9.76. The van der Waals surface area contributed by atoms with Crippen LogP contribution in [0.15, 0.2) is 85.6 Å². The number of rotatable bonds is 7. The van der Waals surface area contributed by atoms with E-state index in [0.29, 0.717) is 17.9 Å². The minimum Gasteiger partial charge on any atom is -0.505 e. The molecule has 30 heavy (non-hydrogen) atoms. The summed E-state index contributed by atoms with van der Waals surface area (Å²) in [6.07, 6.45) is 3.44. The Morgan fingerprint density at radius 3 is 2.60 bits per heavy atom. The maximum atomic E-state index is 11.1. The number of aromatic hydroxyl groups is 1. The molecule has 4 rings (SSSR count). The lowest BCUT2D eigenvalue weighted by molar-refractivity contribution is 0.363. The van der Waals surface area contributed by atoms with Gasteiger partial charge in [-0.1, -0.05) is 49.1 Å². The van der Waals surface area contributed by atoms with E-state index >= 15 is 0 Å². The molecule has 2 N–H and O–H groups in total. The molecule has 2 aromatic heterocycles. The van der Waals surface area contributed by atoms with Gasteiger partial charge in [0.2, 0.25) is 0 Å². The predicted octanol–water partition coefficient (Wildman–Crippen LogP) is 5.41. The number of anilines is 1. The second kappa shape index (κ2) is 8.66. The first-order chi connectivity index (χ1) is 14.7. The third kappa shape index (κ3) is 4.10. The number of aryl methyl sites for hydroxylation is 1. The zero-order chi connectivity index (χ0) is 20.9. The number of hydrogen-bond acceptors (Lipinski definition) is 5. The van der Waals surface area contributed by atoms with Crippen molar-refractivity contribution in [3.05, 3.63) is 102 Å². The zero-order valence-electron chi connectivity index (χ0n) is 16.7. The van der Waals surface area contributed by atoms with E-state index in [4.69, 9.17) is 4.74 Å². The number of phenolic OH excluding ortho intramolecular Hbond substituents is 1. The van der Waals surface area contributed by atoms with E-state index in [2.05, 4.69) is 21.9 Å². The molecule has 0 spiro atoms. The van der Waals surface area contributed by atoms with Crippen LogP contribution < -0.4 is 10.1 Å². The molecule has 2 heterocycles. The Kier molecular flexibility index (Phi) is 5.61. The number of hydrogen-bond donors (Lipinski definition) is 2. The molecule has 1 atom stereocenters. The smallest absolute Gasteiger partial charge is 0.147 e. The van der Waals surface area contributed by atoms with Crippen molar-refractivity contribution >= 4 is 16.7 Å². The van der Waals surface area contributed by atoms with Gasteiger partial charge >= 0.3 is 0 Å². The summed E-state index contributed by atoms with van der Waals surface area (Å²) in [5, 5.41) is 15.4. The summed E-state index contributed by atoms with van der Waals surface area (Å²) in [4.78, 5) is 8.93. The van der Waals surface area contributed by atoms with E-state index < -0.39 is 0 Å².